The van der Waals surface area contributed by atoms with Gasteiger partial charge in [-0.3, -0.25) is 9.59 Å². The Balaban J connectivity index is 2.34. The minimum Gasteiger partial charge on any atom is -0.481 e. The standard InChI is InChI=1S/C16H18O3/c1-10-7-8-11(2)14(9-10)15(17)12-5-3-4-6-13(12)16(18)19/h3-4,7-9,12-13H,5-6H2,1-2H3,(H,18,19). The lowest BCUT2D eigenvalue weighted by Crippen LogP contribution is -2.31. The van der Waals surface area contributed by atoms with Crippen molar-refractivity contribution >= 4 is 11.8 Å². The van der Waals surface area contributed by atoms with E-state index in [0.29, 0.717) is 18.4 Å². The third-order valence-corrected chi connectivity index (χ3v) is 3.74. The molecule has 0 heterocycles. The van der Waals surface area contributed by atoms with Gasteiger partial charge in [0, 0.05) is 11.5 Å². The number of carbonyl (C=O) groups is 2. The molecule has 0 aromatic heterocycles. The van der Waals surface area contributed by atoms with E-state index >= 15 is 0 Å². The first-order valence-electron chi connectivity index (χ1n) is 6.50. The number of hydrogen-bond acceptors (Lipinski definition) is 2. The van der Waals surface area contributed by atoms with Crippen LogP contribution in [-0.4, -0.2) is 16.9 Å². The maximum absolute atomic E-state index is 12.6. The van der Waals surface area contributed by atoms with E-state index in [0.717, 1.165) is 11.1 Å². The zero-order valence-electron chi connectivity index (χ0n) is 11.2. The number of carboxylic acids is 1. The fourth-order valence-electron chi connectivity index (χ4n) is 2.58. The highest BCUT2D eigenvalue weighted by atomic mass is 16.4. The SMILES string of the molecule is Cc1ccc(C)c(C(=O)C2CC=CCC2C(=O)O)c1. The van der Waals surface area contributed by atoms with Crippen LogP contribution in [0.25, 0.3) is 0 Å². The lowest BCUT2D eigenvalue weighted by molar-refractivity contribution is -0.143. The molecule has 19 heavy (non-hydrogen) atoms. The van der Waals surface area contributed by atoms with E-state index < -0.39 is 17.8 Å². The second-order valence-electron chi connectivity index (χ2n) is 5.18. The summed E-state index contributed by atoms with van der Waals surface area (Å²) in [5.41, 5.74) is 2.59. The summed E-state index contributed by atoms with van der Waals surface area (Å²) < 4.78 is 0. The summed E-state index contributed by atoms with van der Waals surface area (Å²) in [7, 11) is 0. The fourth-order valence-corrected chi connectivity index (χ4v) is 2.58. The Kier molecular flexibility index (Phi) is 3.84. The number of allylic oxidation sites excluding steroid dienone is 2. The van der Waals surface area contributed by atoms with Gasteiger partial charge in [-0.25, -0.2) is 0 Å². The number of rotatable bonds is 3. The van der Waals surface area contributed by atoms with Gasteiger partial charge in [0.15, 0.2) is 5.78 Å². The molecular weight excluding hydrogens is 240 g/mol. The van der Waals surface area contributed by atoms with Crippen LogP contribution in [0, 0.1) is 25.7 Å². The molecule has 0 fully saturated rings. The van der Waals surface area contributed by atoms with E-state index in [-0.39, 0.29) is 5.78 Å². The van der Waals surface area contributed by atoms with Gasteiger partial charge in [-0.1, -0.05) is 29.8 Å². The Labute approximate surface area is 113 Å². The molecule has 2 atom stereocenters. The molecule has 0 saturated carbocycles. The van der Waals surface area contributed by atoms with Crippen molar-refractivity contribution in [3.05, 3.63) is 47.0 Å². The Hall–Kier alpha value is -1.90. The number of carbonyl (C=O) groups excluding carboxylic acids is 1. The number of hydrogen-bond donors (Lipinski definition) is 1. The lowest BCUT2D eigenvalue weighted by Gasteiger charge is -2.24. The average molecular weight is 258 g/mol. The summed E-state index contributed by atoms with van der Waals surface area (Å²) in [6.45, 7) is 3.83. The molecule has 1 aliphatic rings. The number of benzene rings is 1. The van der Waals surface area contributed by atoms with Crippen molar-refractivity contribution in [3.8, 4) is 0 Å². The van der Waals surface area contributed by atoms with E-state index in [9.17, 15) is 14.7 Å². The van der Waals surface area contributed by atoms with Gasteiger partial charge in [-0.15, -0.1) is 0 Å². The maximum Gasteiger partial charge on any atom is 0.307 e. The van der Waals surface area contributed by atoms with Crippen molar-refractivity contribution in [2.75, 3.05) is 0 Å². The third-order valence-electron chi connectivity index (χ3n) is 3.74. The van der Waals surface area contributed by atoms with E-state index in [4.69, 9.17) is 0 Å². The monoisotopic (exact) mass is 258 g/mol. The summed E-state index contributed by atoms with van der Waals surface area (Å²) >= 11 is 0. The van der Waals surface area contributed by atoms with E-state index in [1.807, 2.05) is 44.2 Å². The highest BCUT2D eigenvalue weighted by Gasteiger charge is 2.34. The van der Waals surface area contributed by atoms with E-state index in [2.05, 4.69) is 0 Å². The molecule has 0 saturated heterocycles. The number of Topliss-reactive ketones (excluding diaryl/α,β-unsaturated/α-hetero) is 1. The molecule has 1 aliphatic carbocycles. The number of aliphatic carboxylic acids is 1. The summed E-state index contributed by atoms with van der Waals surface area (Å²) in [6.07, 6.45) is 4.72. The molecule has 0 radical (unpaired) electrons. The molecule has 1 aromatic carbocycles. The van der Waals surface area contributed by atoms with Gasteiger partial charge in [0.2, 0.25) is 0 Å². The Morgan fingerprint density at radius 2 is 1.74 bits per heavy atom. The largest absolute Gasteiger partial charge is 0.481 e. The van der Waals surface area contributed by atoms with Crippen molar-refractivity contribution < 1.29 is 14.7 Å². The highest BCUT2D eigenvalue weighted by Crippen LogP contribution is 2.30. The van der Waals surface area contributed by atoms with Gasteiger partial charge < -0.3 is 5.11 Å². The van der Waals surface area contributed by atoms with E-state index in [1.54, 1.807) is 0 Å². The first-order chi connectivity index (χ1) is 9.00. The van der Waals surface area contributed by atoms with Gasteiger partial charge >= 0.3 is 5.97 Å². The van der Waals surface area contributed by atoms with Crippen LogP contribution in [0.4, 0.5) is 0 Å². The highest BCUT2D eigenvalue weighted by molar-refractivity contribution is 6.01. The molecule has 3 nitrogen and oxygen atoms in total. The quantitative estimate of drug-likeness (QED) is 0.669. The molecule has 0 spiro atoms. The smallest absolute Gasteiger partial charge is 0.307 e. The van der Waals surface area contributed by atoms with Crippen LogP contribution in [0.3, 0.4) is 0 Å². The summed E-state index contributed by atoms with van der Waals surface area (Å²) in [5, 5.41) is 9.24. The van der Waals surface area contributed by atoms with Crippen molar-refractivity contribution in [1.29, 1.82) is 0 Å². The molecule has 1 aromatic rings. The predicted octanol–water partition coefficient (Wildman–Crippen LogP) is 3.15. The lowest BCUT2D eigenvalue weighted by atomic mass is 9.77. The second-order valence-corrected chi connectivity index (χ2v) is 5.18. The van der Waals surface area contributed by atoms with Crippen molar-refractivity contribution in [2.24, 2.45) is 11.8 Å². The fraction of sp³-hybridized carbons (Fsp3) is 0.375. The molecule has 3 heteroatoms. The van der Waals surface area contributed by atoms with Crippen LogP contribution >= 0.6 is 0 Å². The molecule has 100 valence electrons. The van der Waals surface area contributed by atoms with E-state index in [1.165, 1.54) is 0 Å². The van der Waals surface area contributed by atoms with Gasteiger partial charge in [0.25, 0.3) is 0 Å². The van der Waals surface area contributed by atoms with Crippen LogP contribution in [-0.2, 0) is 4.79 Å². The van der Waals surface area contributed by atoms with Gasteiger partial charge in [-0.05, 0) is 38.3 Å². The van der Waals surface area contributed by atoms with Gasteiger partial charge in [-0.2, -0.15) is 0 Å². The predicted molar refractivity (Wildman–Crippen MR) is 73.2 cm³/mol. The van der Waals surface area contributed by atoms with Crippen molar-refractivity contribution in [3.63, 3.8) is 0 Å². The second kappa shape index (κ2) is 5.39. The molecular formula is C16H18O3. The molecule has 0 amide bonds. The van der Waals surface area contributed by atoms with Crippen LogP contribution in [0.5, 0.6) is 0 Å². The Morgan fingerprint density at radius 1 is 1.11 bits per heavy atom. The molecule has 0 aliphatic heterocycles. The zero-order chi connectivity index (χ0) is 14.0. The topological polar surface area (TPSA) is 54.4 Å². The maximum atomic E-state index is 12.6. The van der Waals surface area contributed by atoms with Gasteiger partial charge in [0.1, 0.15) is 0 Å². The summed E-state index contributed by atoms with van der Waals surface area (Å²) in [4.78, 5) is 23.9. The number of ketones is 1. The minimum atomic E-state index is -0.881. The average Bonchev–Trinajstić information content (AvgIpc) is 2.40. The normalized spacial score (nSPS) is 22.2. The van der Waals surface area contributed by atoms with Crippen LogP contribution < -0.4 is 0 Å². The Morgan fingerprint density at radius 3 is 2.37 bits per heavy atom. The van der Waals surface area contributed by atoms with Crippen molar-refractivity contribution in [1.82, 2.24) is 0 Å². The summed E-state index contributed by atoms with van der Waals surface area (Å²) in [5.74, 6) is -1.97. The first-order valence-corrected chi connectivity index (χ1v) is 6.50. The molecule has 2 rings (SSSR count). The number of carboxylic acid groups (broad SMARTS) is 1. The van der Waals surface area contributed by atoms with Crippen LogP contribution in [0.15, 0.2) is 30.4 Å². The first kappa shape index (κ1) is 13.5. The molecule has 2 unspecified atom stereocenters. The number of aryl methyl sites for hydroxylation is 2. The van der Waals surface area contributed by atoms with Crippen LogP contribution in [0.2, 0.25) is 0 Å². The van der Waals surface area contributed by atoms with Gasteiger partial charge in [0.05, 0.1) is 5.92 Å². The molecule has 1 N–H and O–H groups in total. The third kappa shape index (κ3) is 2.75. The zero-order valence-corrected chi connectivity index (χ0v) is 11.2. The molecule has 0 bridgehead atoms. The summed E-state index contributed by atoms with van der Waals surface area (Å²) in [6, 6.07) is 5.73. The van der Waals surface area contributed by atoms with Crippen molar-refractivity contribution in [2.45, 2.75) is 26.7 Å². The van der Waals surface area contributed by atoms with Crippen LogP contribution in [0.1, 0.15) is 34.3 Å². The minimum absolute atomic E-state index is 0.0436. The Bertz CT molecular complexity index is 543.